The third kappa shape index (κ3) is 1.96. The number of nitrogens with one attached hydrogen (secondary N) is 1. The molecule has 1 aliphatic heterocycles. The predicted octanol–water partition coefficient (Wildman–Crippen LogP) is -0.437. The van der Waals surface area contributed by atoms with Crippen molar-refractivity contribution in [3.8, 4) is 0 Å². The Bertz CT molecular complexity index is 342. The van der Waals surface area contributed by atoms with E-state index in [4.69, 9.17) is 0 Å². The van der Waals surface area contributed by atoms with Crippen LogP contribution in [0, 0.1) is 11.8 Å². The van der Waals surface area contributed by atoms with Gasteiger partial charge in [0.2, 0.25) is 5.91 Å². The zero-order chi connectivity index (χ0) is 8.29. The van der Waals surface area contributed by atoms with Crippen LogP contribution in [0.3, 0.4) is 0 Å². The van der Waals surface area contributed by atoms with Crippen molar-refractivity contribution in [3.05, 3.63) is 11.1 Å². The number of imide groups is 1. The van der Waals surface area contributed by atoms with Gasteiger partial charge in [-0.3, -0.25) is 14.9 Å². The molecule has 5 N–H and O–H groups in total. The van der Waals surface area contributed by atoms with Gasteiger partial charge in [-0.05, 0) is 25.2 Å². The molecule has 3 rings (SSSR count). The van der Waals surface area contributed by atoms with Gasteiger partial charge in [0.15, 0.2) is 0 Å². The molecule has 16 heavy (non-hydrogen) atoms. The molecule has 0 aromatic rings. The van der Waals surface area contributed by atoms with Crippen LogP contribution in [-0.4, -0.2) is 22.8 Å². The van der Waals surface area contributed by atoms with Gasteiger partial charge in [0.25, 0.3) is 5.91 Å². The topological polar surface area (TPSA) is 109 Å². The second kappa shape index (κ2) is 5.63. The molecular formula is C9H15Cl2NO4. The maximum absolute atomic E-state index is 11.3. The van der Waals surface area contributed by atoms with Gasteiger partial charge in [0.1, 0.15) is 0 Å². The SMILES string of the molecule is Cl.Cl.O.O.O=C1NC(=O)C2C1=C1CCC2C1. The monoisotopic (exact) mass is 271 g/mol. The van der Waals surface area contributed by atoms with Crippen LogP contribution in [-0.2, 0) is 9.59 Å². The Balaban J connectivity index is 0. The molecule has 0 radical (unpaired) electrons. The highest BCUT2D eigenvalue weighted by Gasteiger charge is 2.50. The number of rotatable bonds is 0. The second-order valence-electron chi connectivity index (χ2n) is 3.82. The second-order valence-corrected chi connectivity index (χ2v) is 3.82. The zero-order valence-electron chi connectivity index (χ0n) is 8.41. The van der Waals surface area contributed by atoms with Crippen LogP contribution < -0.4 is 5.32 Å². The van der Waals surface area contributed by atoms with Crippen molar-refractivity contribution in [1.82, 2.24) is 5.32 Å². The van der Waals surface area contributed by atoms with Gasteiger partial charge >= 0.3 is 0 Å². The third-order valence-corrected chi connectivity index (χ3v) is 3.25. The first kappa shape index (κ1) is 17.8. The van der Waals surface area contributed by atoms with Gasteiger partial charge in [0, 0.05) is 5.57 Å². The molecule has 1 saturated heterocycles. The van der Waals surface area contributed by atoms with Crippen LogP contribution in [0.4, 0.5) is 0 Å². The highest BCUT2D eigenvalue weighted by atomic mass is 35.5. The molecule has 94 valence electrons. The minimum Gasteiger partial charge on any atom is -0.412 e. The number of carbonyl (C=O) groups is 2. The van der Waals surface area contributed by atoms with E-state index in [0.29, 0.717) is 5.92 Å². The molecule has 2 bridgehead atoms. The number of carbonyl (C=O) groups excluding carboxylic acids is 2. The maximum atomic E-state index is 11.3. The minimum atomic E-state index is -0.123. The average Bonchev–Trinajstić information content (AvgIpc) is 2.64. The summed E-state index contributed by atoms with van der Waals surface area (Å²) < 4.78 is 0. The van der Waals surface area contributed by atoms with E-state index in [1.165, 1.54) is 5.57 Å². The molecule has 5 nitrogen and oxygen atoms in total. The molecule has 1 saturated carbocycles. The molecule has 2 unspecified atom stereocenters. The largest absolute Gasteiger partial charge is 0.412 e. The molecule has 2 fully saturated rings. The van der Waals surface area contributed by atoms with Gasteiger partial charge < -0.3 is 11.0 Å². The first-order valence-corrected chi connectivity index (χ1v) is 4.34. The average molecular weight is 272 g/mol. The minimum absolute atomic E-state index is 0. The Morgan fingerprint density at radius 1 is 1.12 bits per heavy atom. The highest BCUT2D eigenvalue weighted by molar-refractivity contribution is 6.16. The fourth-order valence-electron chi connectivity index (χ4n) is 2.77. The lowest BCUT2D eigenvalue weighted by molar-refractivity contribution is -0.126. The summed E-state index contributed by atoms with van der Waals surface area (Å²) in [6, 6.07) is 0. The Morgan fingerprint density at radius 3 is 2.31 bits per heavy atom. The van der Waals surface area contributed by atoms with E-state index in [0.717, 1.165) is 24.8 Å². The van der Waals surface area contributed by atoms with Crippen LogP contribution in [0.25, 0.3) is 0 Å². The summed E-state index contributed by atoms with van der Waals surface area (Å²) in [4.78, 5) is 22.6. The predicted molar refractivity (Wildman–Crippen MR) is 62.7 cm³/mol. The van der Waals surface area contributed by atoms with Crippen molar-refractivity contribution in [1.29, 1.82) is 0 Å². The van der Waals surface area contributed by atoms with Crippen molar-refractivity contribution in [2.24, 2.45) is 11.8 Å². The molecule has 2 atom stereocenters. The lowest BCUT2D eigenvalue weighted by Crippen LogP contribution is -2.24. The number of allylic oxidation sites excluding steroid dienone is 1. The van der Waals surface area contributed by atoms with Crippen LogP contribution >= 0.6 is 24.8 Å². The van der Waals surface area contributed by atoms with Gasteiger partial charge in [-0.25, -0.2) is 0 Å². The van der Waals surface area contributed by atoms with E-state index in [-0.39, 0.29) is 53.5 Å². The van der Waals surface area contributed by atoms with E-state index in [9.17, 15) is 9.59 Å². The molecule has 0 spiro atoms. The van der Waals surface area contributed by atoms with E-state index in [1.807, 2.05) is 0 Å². The van der Waals surface area contributed by atoms with E-state index in [1.54, 1.807) is 0 Å². The third-order valence-electron chi connectivity index (χ3n) is 3.25. The van der Waals surface area contributed by atoms with Crippen molar-refractivity contribution in [2.45, 2.75) is 19.3 Å². The van der Waals surface area contributed by atoms with Crippen molar-refractivity contribution in [2.75, 3.05) is 0 Å². The zero-order valence-corrected chi connectivity index (χ0v) is 10.0. The summed E-state index contributed by atoms with van der Waals surface area (Å²) in [6.07, 6.45) is 3.14. The summed E-state index contributed by atoms with van der Waals surface area (Å²) in [5.41, 5.74) is 2.06. The van der Waals surface area contributed by atoms with Crippen LogP contribution in [0.1, 0.15) is 19.3 Å². The van der Waals surface area contributed by atoms with Gasteiger partial charge in [0.05, 0.1) is 5.92 Å². The first-order valence-electron chi connectivity index (χ1n) is 4.34. The van der Waals surface area contributed by atoms with Crippen molar-refractivity contribution < 1.29 is 20.5 Å². The van der Waals surface area contributed by atoms with Gasteiger partial charge in [-0.15, -0.1) is 24.8 Å². The van der Waals surface area contributed by atoms with Crippen molar-refractivity contribution in [3.63, 3.8) is 0 Å². The molecule has 2 aliphatic carbocycles. The standard InChI is InChI=1S/C9H9NO2.2ClH.2H2O/c11-8-6-4-1-2-5(3-4)7(6)9(12)10-8;;;;/h4,6H,1-3H2,(H,10,11,12);2*1H;2*1H2. The number of amides is 2. The number of halogens is 2. The van der Waals surface area contributed by atoms with Crippen LogP contribution in [0.15, 0.2) is 11.1 Å². The molecule has 1 heterocycles. The number of hydrogen-bond donors (Lipinski definition) is 1. The van der Waals surface area contributed by atoms with E-state index < -0.39 is 0 Å². The normalized spacial score (nSPS) is 28.2. The molecule has 0 aromatic carbocycles. The first-order chi connectivity index (χ1) is 5.77. The molecule has 7 heteroatoms. The fourth-order valence-corrected chi connectivity index (χ4v) is 2.77. The Kier molecular flexibility index (Phi) is 6.25. The lowest BCUT2D eigenvalue weighted by atomic mass is 9.88. The Labute approximate surface area is 105 Å². The number of hydrogen-bond acceptors (Lipinski definition) is 2. The summed E-state index contributed by atoms with van der Waals surface area (Å²) in [7, 11) is 0. The Hall–Kier alpha value is -0.620. The molecule has 3 aliphatic rings. The maximum Gasteiger partial charge on any atom is 0.254 e. The molecular weight excluding hydrogens is 257 g/mol. The fraction of sp³-hybridized carbons (Fsp3) is 0.556. The molecule has 2 amide bonds. The number of fused-ring (bicyclic) bond motifs is 4. The van der Waals surface area contributed by atoms with Gasteiger partial charge in [-0.2, -0.15) is 0 Å². The van der Waals surface area contributed by atoms with E-state index in [2.05, 4.69) is 5.32 Å². The van der Waals surface area contributed by atoms with Crippen LogP contribution in [0.5, 0.6) is 0 Å². The Morgan fingerprint density at radius 2 is 1.75 bits per heavy atom. The smallest absolute Gasteiger partial charge is 0.254 e. The highest BCUT2D eigenvalue weighted by Crippen LogP contribution is 2.50. The summed E-state index contributed by atoms with van der Waals surface area (Å²) >= 11 is 0. The van der Waals surface area contributed by atoms with Crippen molar-refractivity contribution >= 4 is 36.6 Å². The summed E-state index contributed by atoms with van der Waals surface area (Å²) in [5.74, 6) is 0.194. The quantitative estimate of drug-likeness (QED) is 0.603. The van der Waals surface area contributed by atoms with Crippen LogP contribution in [0.2, 0.25) is 0 Å². The summed E-state index contributed by atoms with van der Waals surface area (Å²) in [5, 5.41) is 2.38. The summed E-state index contributed by atoms with van der Waals surface area (Å²) in [6.45, 7) is 0. The lowest BCUT2D eigenvalue weighted by Gasteiger charge is -2.12. The van der Waals surface area contributed by atoms with Gasteiger partial charge in [-0.1, -0.05) is 5.57 Å². The molecule has 0 aromatic heterocycles. The van der Waals surface area contributed by atoms with E-state index >= 15 is 0 Å².